The number of amides is 1. The predicted octanol–water partition coefficient (Wildman–Crippen LogP) is 5.64. The minimum Gasteiger partial charge on any atom is -0.490 e. The van der Waals surface area contributed by atoms with Crippen molar-refractivity contribution in [3.05, 3.63) is 51.5 Å². The smallest absolute Gasteiger partial charge is 0.262 e. The summed E-state index contributed by atoms with van der Waals surface area (Å²) in [6.45, 7) is 8.24. The molecule has 0 unspecified atom stereocenters. The number of thiocarbonyl (C=S) groups is 1. The summed E-state index contributed by atoms with van der Waals surface area (Å²) in [5, 5.41) is 2.95. The second-order valence-electron chi connectivity index (χ2n) is 7.70. The van der Waals surface area contributed by atoms with Crippen LogP contribution in [0.1, 0.15) is 42.9 Å². The molecule has 2 aromatic carbocycles. The fraction of sp³-hybridized carbons (Fsp3) is 0.417. The standard InChI is InChI=1S/C24H29BrN2O3S/c1-4-29-21-14-18(24(31)27-10-6-5-7-11-27)8-9-20(21)30-15-22(28)26-23-16(2)12-19(25)13-17(23)3/h8-9,12-14H,4-7,10-11,15H2,1-3H3,(H,26,28). The Morgan fingerprint density at radius 2 is 1.74 bits per heavy atom. The maximum absolute atomic E-state index is 12.5. The number of halogens is 1. The molecule has 31 heavy (non-hydrogen) atoms. The van der Waals surface area contributed by atoms with Crippen LogP contribution in [0.4, 0.5) is 5.69 Å². The third-order valence-electron chi connectivity index (χ3n) is 5.25. The molecule has 1 N–H and O–H groups in total. The summed E-state index contributed by atoms with van der Waals surface area (Å²) in [5.74, 6) is 0.915. The van der Waals surface area contributed by atoms with Crippen LogP contribution in [0.3, 0.4) is 0 Å². The maximum atomic E-state index is 12.5. The van der Waals surface area contributed by atoms with Gasteiger partial charge in [0.15, 0.2) is 18.1 Å². The third-order valence-corrected chi connectivity index (χ3v) is 6.21. The molecule has 1 saturated heterocycles. The van der Waals surface area contributed by atoms with Crippen molar-refractivity contribution in [3.8, 4) is 11.5 Å². The molecule has 1 fully saturated rings. The van der Waals surface area contributed by atoms with Crippen LogP contribution in [-0.4, -0.2) is 42.1 Å². The van der Waals surface area contributed by atoms with E-state index in [1.54, 1.807) is 0 Å². The van der Waals surface area contributed by atoms with Crippen molar-refractivity contribution >= 4 is 44.7 Å². The van der Waals surface area contributed by atoms with E-state index in [0.717, 1.165) is 44.9 Å². The molecule has 1 aliphatic rings. The van der Waals surface area contributed by atoms with Crippen LogP contribution < -0.4 is 14.8 Å². The Labute approximate surface area is 198 Å². The molecule has 1 heterocycles. The van der Waals surface area contributed by atoms with Crippen LogP contribution in [0.5, 0.6) is 11.5 Å². The zero-order valence-electron chi connectivity index (χ0n) is 18.3. The zero-order valence-corrected chi connectivity index (χ0v) is 20.7. The summed E-state index contributed by atoms with van der Waals surface area (Å²) in [5.41, 5.74) is 3.74. The van der Waals surface area contributed by atoms with E-state index in [1.807, 2.05) is 51.1 Å². The monoisotopic (exact) mass is 504 g/mol. The van der Waals surface area contributed by atoms with E-state index in [2.05, 4.69) is 26.1 Å². The Balaban J connectivity index is 1.68. The van der Waals surface area contributed by atoms with Crippen molar-refractivity contribution in [2.24, 2.45) is 0 Å². The van der Waals surface area contributed by atoms with Gasteiger partial charge >= 0.3 is 0 Å². The molecule has 1 aliphatic heterocycles. The topological polar surface area (TPSA) is 50.8 Å². The number of benzene rings is 2. The first-order chi connectivity index (χ1) is 14.9. The molecule has 7 heteroatoms. The number of ether oxygens (including phenoxy) is 2. The average molecular weight is 505 g/mol. The molecule has 0 spiro atoms. The minimum absolute atomic E-state index is 0.106. The lowest BCUT2D eigenvalue weighted by Gasteiger charge is -2.29. The van der Waals surface area contributed by atoms with Crippen LogP contribution in [-0.2, 0) is 4.79 Å². The van der Waals surface area contributed by atoms with Gasteiger partial charge < -0.3 is 19.7 Å². The van der Waals surface area contributed by atoms with Gasteiger partial charge in [-0.05, 0) is 81.5 Å². The van der Waals surface area contributed by atoms with Gasteiger partial charge in [-0.25, -0.2) is 0 Å². The van der Waals surface area contributed by atoms with E-state index in [0.29, 0.717) is 18.1 Å². The molecule has 5 nitrogen and oxygen atoms in total. The molecule has 166 valence electrons. The molecule has 1 amide bonds. The van der Waals surface area contributed by atoms with E-state index in [-0.39, 0.29) is 12.5 Å². The molecule has 0 aromatic heterocycles. The Bertz CT molecular complexity index is 935. The number of hydrogen-bond acceptors (Lipinski definition) is 4. The fourth-order valence-corrected chi connectivity index (χ4v) is 4.73. The van der Waals surface area contributed by atoms with Crippen LogP contribution in [0.25, 0.3) is 0 Å². The second kappa shape index (κ2) is 11.0. The molecule has 0 aliphatic carbocycles. The van der Waals surface area contributed by atoms with Gasteiger partial charge in [0.1, 0.15) is 4.99 Å². The number of carbonyl (C=O) groups is 1. The van der Waals surface area contributed by atoms with Gasteiger partial charge in [0.25, 0.3) is 5.91 Å². The summed E-state index contributed by atoms with van der Waals surface area (Å²) in [4.78, 5) is 15.6. The van der Waals surface area contributed by atoms with Crippen molar-refractivity contribution in [2.45, 2.75) is 40.0 Å². The van der Waals surface area contributed by atoms with Gasteiger partial charge in [0.05, 0.1) is 6.61 Å². The zero-order chi connectivity index (χ0) is 22.4. The Morgan fingerprint density at radius 3 is 2.39 bits per heavy atom. The number of piperidine rings is 1. The summed E-state index contributed by atoms with van der Waals surface area (Å²) in [6.07, 6.45) is 3.61. The van der Waals surface area contributed by atoms with Crippen molar-refractivity contribution in [2.75, 3.05) is 31.6 Å². The first-order valence-corrected chi connectivity index (χ1v) is 11.8. The number of nitrogens with zero attached hydrogens (tertiary/aromatic N) is 1. The first-order valence-electron chi connectivity index (χ1n) is 10.6. The number of anilines is 1. The number of hydrogen-bond donors (Lipinski definition) is 1. The van der Waals surface area contributed by atoms with Crippen molar-refractivity contribution in [1.82, 2.24) is 4.90 Å². The van der Waals surface area contributed by atoms with Gasteiger partial charge in [-0.2, -0.15) is 0 Å². The highest BCUT2D eigenvalue weighted by Gasteiger charge is 2.17. The number of likely N-dealkylation sites (tertiary alicyclic amines) is 1. The lowest BCUT2D eigenvalue weighted by Crippen LogP contribution is -2.34. The minimum atomic E-state index is -0.219. The van der Waals surface area contributed by atoms with Gasteiger partial charge in [0.2, 0.25) is 0 Å². The Kier molecular flexibility index (Phi) is 8.32. The van der Waals surface area contributed by atoms with E-state index in [1.165, 1.54) is 19.3 Å². The number of rotatable bonds is 7. The normalized spacial score (nSPS) is 13.6. The van der Waals surface area contributed by atoms with Crippen LogP contribution in [0, 0.1) is 13.8 Å². The molecule has 3 rings (SSSR count). The molecular weight excluding hydrogens is 476 g/mol. The predicted molar refractivity (Wildman–Crippen MR) is 132 cm³/mol. The summed E-state index contributed by atoms with van der Waals surface area (Å²) >= 11 is 9.18. The van der Waals surface area contributed by atoms with Gasteiger partial charge in [-0.3, -0.25) is 4.79 Å². The molecule has 0 bridgehead atoms. The first kappa shape index (κ1) is 23.5. The van der Waals surface area contributed by atoms with Crippen molar-refractivity contribution in [3.63, 3.8) is 0 Å². The highest BCUT2D eigenvalue weighted by molar-refractivity contribution is 9.10. The Hall–Kier alpha value is -2.12. The SMILES string of the molecule is CCOc1cc(C(=S)N2CCCCC2)ccc1OCC(=O)Nc1c(C)cc(Br)cc1C. The molecule has 0 radical (unpaired) electrons. The molecule has 0 atom stereocenters. The number of aryl methyl sites for hydroxylation is 2. The van der Waals surface area contributed by atoms with E-state index in [9.17, 15) is 4.79 Å². The molecular formula is C24H29BrN2O3S. The summed E-state index contributed by atoms with van der Waals surface area (Å²) < 4.78 is 12.6. The van der Waals surface area contributed by atoms with Crippen LogP contribution in [0.15, 0.2) is 34.8 Å². The molecule has 2 aromatic rings. The number of nitrogens with one attached hydrogen (secondary N) is 1. The van der Waals surface area contributed by atoms with Gasteiger partial charge in [-0.1, -0.05) is 28.1 Å². The van der Waals surface area contributed by atoms with Gasteiger partial charge in [-0.15, -0.1) is 0 Å². The largest absolute Gasteiger partial charge is 0.490 e. The van der Waals surface area contributed by atoms with Gasteiger partial charge in [0, 0.05) is 28.8 Å². The summed E-state index contributed by atoms with van der Waals surface area (Å²) in [7, 11) is 0. The maximum Gasteiger partial charge on any atom is 0.262 e. The fourth-order valence-electron chi connectivity index (χ4n) is 3.73. The average Bonchev–Trinajstić information content (AvgIpc) is 2.75. The van der Waals surface area contributed by atoms with Crippen molar-refractivity contribution in [1.29, 1.82) is 0 Å². The van der Waals surface area contributed by atoms with E-state index in [4.69, 9.17) is 21.7 Å². The highest BCUT2D eigenvalue weighted by Crippen LogP contribution is 2.30. The van der Waals surface area contributed by atoms with E-state index >= 15 is 0 Å². The lowest BCUT2D eigenvalue weighted by molar-refractivity contribution is -0.118. The summed E-state index contributed by atoms with van der Waals surface area (Å²) in [6, 6.07) is 9.63. The second-order valence-corrected chi connectivity index (χ2v) is 9.00. The number of carbonyl (C=O) groups excluding carboxylic acids is 1. The third kappa shape index (κ3) is 6.20. The van der Waals surface area contributed by atoms with Crippen LogP contribution in [0.2, 0.25) is 0 Å². The van der Waals surface area contributed by atoms with Crippen LogP contribution >= 0.6 is 28.1 Å². The van der Waals surface area contributed by atoms with Crippen molar-refractivity contribution < 1.29 is 14.3 Å². The van der Waals surface area contributed by atoms with E-state index < -0.39 is 0 Å². The Morgan fingerprint density at radius 1 is 1.06 bits per heavy atom. The quantitative estimate of drug-likeness (QED) is 0.494. The lowest BCUT2D eigenvalue weighted by atomic mass is 10.1. The molecule has 0 saturated carbocycles. The highest BCUT2D eigenvalue weighted by atomic mass is 79.9.